The number of carbonyl (C=O) groups is 2. The topological polar surface area (TPSA) is 130 Å². The maximum Gasteiger partial charge on any atom is 0.273 e. The van der Waals surface area contributed by atoms with Crippen LogP contribution in [-0.4, -0.2) is 32.1 Å². The SMILES string of the molecule is CCCCC(N=C1NS(=O)(=O)c2ccccc21)C(=O)NNC(=O)c1cc(C)oc1C. The molecule has 0 radical (unpaired) electrons. The van der Waals surface area contributed by atoms with Gasteiger partial charge >= 0.3 is 0 Å². The molecule has 160 valence electrons. The summed E-state index contributed by atoms with van der Waals surface area (Å²) in [5.41, 5.74) is 5.48. The highest BCUT2D eigenvalue weighted by Crippen LogP contribution is 2.23. The van der Waals surface area contributed by atoms with E-state index >= 15 is 0 Å². The number of aryl methyl sites for hydroxylation is 2. The summed E-state index contributed by atoms with van der Waals surface area (Å²) in [6.07, 6.45) is 1.93. The highest BCUT2D eigenvalue weighted by atomic mass is 32.2. The zero-order valence-electron chi connectivity index (χ0n) is 17.0. The lowest BCUT2D eigenvalue weighted by atomic mass is 10.1. The third-order valence-electron chi connectivity index (χ3n) is 4.67. The average Bonchev–Trinajstić information content (AvgIpc) is 3.18. The number of carbonyl (C=O) groups excluding carboxylic acids is 2. The fraction of sp³-hybridized carbons (Fsp3) is 0.350. The van der Waals surface area contributed by atoms with Crippen LogP contribution >= 0.6 is 0 Å². The molecule has 3 N–H and O–H groups in total. The molecule has 1 aliphatic rings. The van der Waals surface area contributed by atoms with E-state index in [4.69, 9.17) is 4.42 Å². The molecule has 0 aliphatic carbocycles. The van der Waals surface area contributed by atoms with Crippen LogP contribution in [0, 0.1) is 13.8 Å². The predicted octanol–water partition coefficient (Wildman–Crippen LogP) is 1.95. The summed E-state index contributed by atoms with van der Waals surface area (Å²) in [7, 11) is -3.70. The van der Waals surface area contributed by atoms with E-state index in [0.29, 0.717) is 35.5 Å². The van der Waals surface area contributed by atoms with Crippen molar-refractivity contribution in [3.05, 3.63) is 53.0 Å². The normalized spacial score (nSPS) is 16.6. The lowest BCUT2D eigenvalue weighted by molar-refractivity contribution is -0.123. The zero-order chi connectivity index (χ0) is 21.9. The highest BCUT2D eigenvalue weighted by Gasteiger charge is 2.32. The number of nitrogens with zero attached hydrogens (tertiary/aromatic N) is 1. The molecule has 2 aromatic rings. The second-order valence-electron chi connectivity index (χ2n) is 7.01. The number of furan rings is 1. The summed E-state index contributed by atoms with van der Waals surface area (Å²) in [5, 5.41) is 0. The van der Waals surface area contributed by atoms with Gasteiger partial charge in [-0.3, -0.25) is 30.2 Å². The van der Waals surface area contributed by atoms with Crippen molar-refractivity contribution < 1.29 is 22.4 Å². The van der Waals surface area contributed by atoms with Crippen molar-refractivity contribution >= 4 is 27.7 Å². The quantitative estimate of drug-likeness (QED) is 0.601. The smallest absolute Gasteiger partial charge is 0.273 e. The molecule has 1 aromatic heterocycles. The molecule has 0 fully saturated rings. The van der Waals surface area contributed by atoms with Crippen LogP contribution in [0.5, 0.6) is 0 Å². The van der Waals surface area contributed by atoms with E-state index in [9.17, 15) is 18.0 Å². The number of fused-ring (bicyclic) bond motifs is 1. The van der Waals surface area contributed by atoms with Crippen LogP contribution in [0.1, 0.15) is 53.6 Å². The van der Waals surface area contributed by atoms with Crippen LogP contribution in [0.4, 0.5) is 0 Å². The summed E-state index contributed by atoms with van der Waals surface area (Å²) in [5.74, 6) is 0.106. The third kappa shape index (κ3) is 4.54. The van der Waals surface area contributed by atoms with E-state index in [0.717, 1.165) is 6.42 Å². The van der Waals surface area contributed by atoms with E-state index in [1.54, 1.807) is 38.1 Å². The molecular weight excluding hydrogens is 408 g/mol. The lowest BCUT2D eigenvalue weighted by Gasteiger charge is -2.14. The van der Waals surface area contributed by atoms with Gasteiger partial charge in [0.2, 0.25) is 0 Å². The number of hydrogen-bond donors (Lipinski definition) is 3. The molecular formula is C20H24N4O5S. The van der Waals surface area contributed by atoms with E-state index in [-0.39, 0.29) is 10.7 Å². The Balaban J connectivity index is 1.77. The van der Waals surface area contributed by atoms with Crippen molar-refractivity contribution in [2.45, 2.75) is 51.0 Å². The van der Waals surface area contributed by atoms with Gasteiger partial charge in [0.1, 0.15) is 23.4 Å². The number of unbranched alkanes of at least 4 members (excludes halogenated alkanes) is 1. The maximum atomic E-state index is 12.7. The Morgan fingerprint density at radius 1 is 1.20 bits per heavy atom. The maximum absolute atomic E-state index is 12.7. The number of aliphatic imine (C=N–C) groups is 1. The molecule has 1 unspecified atom stereocenters. The zero-order valence-corrected chi connectivity index (χ0v) is 17.8. The van der Waals surface area contributed by atoms with Gasteiger partial charge in [-0.05, 0) is 38.5 Å². The van der Waals surface area contributed by atoms with Gasteiger partial charge in [0.25, 0.3) is 21.8 Å². The van der Waals surface area contributed by atoms with Gasteiger partial charge in [0, 0.05) is 5.56 Å². The number of rotatable bonds is 6. The predicted molar refractivity (Wildman–Crippen MR) is 110 cm³/mol. The number of sulfonamides is 1. The average molecular weight is 433 g/mol. The van der Waals surface area contributed by atoms with E-state index in [2.05, 4.69) is 20.6 Å². The molecule has 0 bridgehead atoms. The van der Waals surface area contributed by atoms with E-state index < -0.39 is 27.9 Å². The number of hydrogen-bond acceptors (Lipinski definition) is 6. The monoisotopic (exact) mass is 432 g/mol. The fourth-order valence-electron chi connectivity index (χ4n) is 3.16. The number of benzene rings is 1. The van der Waals surface area contributed by atoms with Crippen molar-refractivity contribution in [2.75, 3.05) is 0 Å². The minimum Gasteiger partial charge on any atom is -0.466 e. The van der Waals surface area contributed by atoms with Gasteiger partial charge in [-0.15, -0.1) is 0 Å². The van der Waals surface area contributed by atoms with Crippen molar-refractivity contribution in [3.8, 4) is 0 Å². The Kier molecular flexibility index (Phi) is 6.25. The Morgan fingerprint density at radius 3 is 2.60 bits per heavy atom. The van der Waals surface area contributed by atoms with Crippen LogP contribution < -0.4 is 15.6 Å². The summed E-state index contributed by atoms with van der Waals surface area (Å²) in [6.45, 7) is 5.35. The van der Waals surface area contributed by atoms with Gasteiger partial charge in [-0.2, -0.15) is 0 Å². The van der Waals surface area contributed by atoms with Gasteiger partial charge < -0.3 is 4.42 Å². The Morgan fingerprint density at radius 2 is 1.93 bits per heavy atom. The Hall–Kier alpha value is -3.14. The second-order valence-corrected chi connectivity index (χ2v) is 8.66. The van der Waals surface area contributed by atoms with Gasteiger partial charge in [0.05, 0.1) is 10.5 Å². The van der Waals surface area contributed by atoms with Gasteiger partial charge in [0.15, 0.2) is 0 Å². The first-order valence-corrected chi connectivity index (χ1v) is 11.1. The first kappa shape index (κ1) is 21.6. The number of amides is 2. The largest absolute Gasteiger partial charge is 0.466 e. The summed E-state index contributed by atoms with van der Waals surface area (Å²) in [6, 6.07) is 7.14. The van der Waals surface area contributed by atoms with Crippen molar-refractivity contribution in [1.29, 1.82) is 0 Å². The van der Waals surface area contributed by atoms with Crippen molar-refractivity contribution in [3.63, 3.8) is 0 Å². The molecule has 2 heterocycles. The molecule has 2 amide bonds. The van der Waals surface area contributed by atoms with Gasteiger partial charge in [-0.1, -0.05) is 31.9 Å². The van der Waals surface area contributed by atoms with Crippen LogP contribution in [0.3, 0.4) is 0 Å². The van der Waals surface area contributed by atoms with Crippen LogP contribution in [0.25, 0.3) is 0 Å². The minimum absolute atomic E-state index is 0.120. The van der Waals surface area contributed by atoms with Crippen molar-refractivity contribution in [2.24, 2.45) is 4.99 Å². The molecule has 1 aromatic carbocycles. The van der Waals surface area contributed by atoms with Crippen LogP contribution in [0.15, 0.2) is 44.6 Å². The van der Waals surface area contributed by atoms with Gasteiger partial charge in [-0.25, -0.2) is 8.42 Å². The Labute approximate surface area is 175 Å². The lowest BCUT2D eigenvalue weighted by Crippen LogP contribution is -2.46. The number of amidine groups is 1. The van der Waals surface area contributed by atoms with Crippen LogP contribution in [-0.2, 0) is 14.8 Å². The highest BCUT2D eigenvalue weighted by molar-refractivity contribution is 7.90. The molecule has 1 atom stereocenters. The summed E-state index contributed by atoms with van der Waals surface area (Å²) in [4.78, 5) is 29.5. The standard InChI is InChI=1S/C20H24N4O5S/c1-4-5-9-16(20(26)23-22-19(25)15-11-12(2)29-13(15)3)21-18-14-8-6-7-10-17(14)30(27,28)24-18/h6-8,10-11,16H,4-5,9H2,1-3H3,(H,21,24)(H,22,25)(H,23,26). The van der Waals surface area contributed by atoms with E-state index in [1.165, 1.54) is 6.07 Å². The fourth-order valence-corrected chi connectivity index (χ4v) is 4.40. The molecule has 0 saturated heterocycles. The molecule has 30 heavy (non-hydrogen) atoms. The molecule has 0 saturated carbocycles. The van der Waals surface area contributed by atoms with Crippen molar-refractivity contribution in [1.82, 2.24) is 15.6 Å². The molecule has 1 aliphatic heterocycles. The molecule has 3 rings (SSSR count). The van der Waals surface area contributed by atoms with Crippen LogP contribution in [0.2, 0.25) is 0 Å². The third-order valence-corrected chi connectivity index (χ3v) is 6.06. The molecule has 9 nitrogen and oxygen atoms in total. The first-order chi connectivity index (χ1) is 14.2. The Bertz CT molecular complexity index is 1100. The summed E-state index contributed by atoms with van der Waals surface area (Å²) >= 11 is 0. The second kappa shape index (κ2) is 8.70. The molecule has 10 heteroatoms. The summed E-state index contributed by atoms with van der Waals surface area (Å²) < 4.78 is 32.3. The van der Waals surface area contributed by atoms with E-state index in [1.807, 2.05) is 6.92 Å². The number of hydrazine groups is 1. The molecule has 0 spiro atoms. The minimum atomic E-state index is -3.70. The first-order valence-electron chi connectivity index (χ1n) is 9.60. The number of nitrogens with one attached hydrogen (secondary N) is 3.